The van der Waals surface area contributed by atoms with Crippen molar-refractivity contribution in [2.75, 3.05) is 13.1 Å². The van der Waals surface area contributed by atoms with E-state index < -0.39 is 0 Å². The molecule has 3 heteroatoms. The molecule has 0 unspecified atom stereocenters. The monoisotopic (exact) mass is 258 g/mol. The molecule has 0 aromatic heterocycles. The summed E-state index contributed by atoms with van der Waals surface area (Å²) in [5.74, 6) is 0.0734. The van der Waals surface area contributed by atoms with Crippen LogP contribution in [-0.2, 0) is 4.79 Å². The summed E-state index contributed by atoms with van der Waals surface area (Å²) in [6, 6.07) is 0. The molecule has 0 radical (unpaired) electrons. The second-order valence-corrected chi connectivity index (χ2v) is 4.93. The number of hydrogen-bond acceptors (Lipinski definition) is 2. The maximum absolute atomic E-state index is 11.0. The predicted octanol–water partition coefficient (Wildman–Crippen LogP) is 3.33. The van der Waals surface area contributed by atoms with Crippen LogP contribution in [0.5, 0.6) is 0 Å². The van der Waals surface area contributed by atoms with Gasteiger partial charge in [0.1, 0.15) is 0 Å². The number of carbonyl (C=O) groups excluding carboxylic acids is 1. The van der Waals surface area contributed by atoms with Crippen molar-refractivity contribution in [2.45, 2.75) is 66.2 Å². The molecule has 2 fully saturated rings. The summed E-state index contributed by atoms with van der Waals surface area (Å²) in [5.41, 5.74) is 5.89. The van der Waals surface area contributed by atoms with Crippen LogP contribution in [0.25, 0.3) is 0 Å². The minimum atomic E-state index is -0.0891. The number of rotatable bonds is 1. The molecule has 1 saturated carbocycles. The Morgan fingerprint density at radius 3 is 1.89 bits per heavy atom. The van der Waals surface area contributed by atoms with Gasteiger partial charge in [0.2, 0.25) is 5.91 Å². The Balaban J connectivity index is 0. The first-order valence-corrected chi connectivity index (χ1v) is 7.72. The van der Waals surface area contributed by atoms with Crippen molar-refractivity contribution in [3.63, 3.8) is 0 Å². The van der Waals surface area contributed by atoms with Gasteiger partial charge in [-0.1, -0.05) is 27.7 Å². The third kappa shape index (κ3) is 4.97. The lowest BCUT2D eigenvalue weighted by Crippen LogP contribution is -2.40. The molecule has 1 heterocycles. The lowest BCUT2D eigenvalue weighted by atomic mass is 9.65. The van der Waals surface area contributed by atoms with Gasteiger partial charge < -0.3 is 11.1 Å². The maximum atomic E-state index is 11.0. The van der Waals surface area contributed by atoms with Gasteiger partial charge in [0.25, 0.3) is 0 Å². The van der Waals surface area contributed by atoms with E-state index in [-0.39, 0.29) is 13.3 Å². The standard InChI is InChI=1S/C11H20N2O.2C2H6.H2/c12-10(14)9-1-3-11(4-2-9)5-7-13-8-6-11;2*1-2;/h9,13H,1-8H2,(H2,12,14);2*1-2H3;1H. The summed E-state index contributed by atoms with van der Waals surface area (Å²) in [6.07, 6.45) is 7.05. The fourth-order valence-corrected chi connectivity index (χ4v) is 2.97. The lowest BCUT2D eigenvalue weighted by molar-refractivity contribution is -0.123. The van der Waals surface area contributed by atoms with E-state index in [0.717, 1.165) is 25.9 Å². The van der Waals surface area contributed by atoms with E-state index in [1.165, 1.54) is 25.7 Å². The highest BCUT2D eigenvalue weighted by Crippen LogP contribution is 2.44. The fraction of sp³-hybridized carbons (Fsp3) is 0.933. The molecule has 2 rings (SSSR count). The molecule has 110 valence electrons. The van der Waals surface area contributed by atoms with Gasteiger partial charge in [-0.2, -0.15) is 0 Å². The van der Waals surface area contributed by atoms with E-state index in [1.807, 2.05) is 27.7 Å². The SMILES string of the molecule is CC.CC.NC(=O)C1CCC2(CCNCC2)CC1.[HH]. The highest BCUT2D eigenvalue weighted by molar-refractivity contribution is 5.76. The number of nitrogens with two attached hydrogens (primary N) is 1. The number of carbonyl (C=O) groups is 1. The molecule has 3 nitrogen and oxygen atoms in total. The number of piperidine rings is 1. The van der Waals surface area contributed by atoms with Crippen molar-refractivity contribution >= 4 is 5.91 Å². The minimum absolute atomic E-state index is 0. The summed E-state index contributed by atoms with van der Waals surface area (Å²) in [7, 11) is 0. The largest absolute Gasteiger partial charge is 0.369 e. The summed E-state index contributed by atoms with van der Waals surface area (Å²) in [5, 5.41) is 3.40. The van der Waals surface area contributed by atoms with Crippen LogP contribution in [0, 0.1) is 11.3 Å². The van der Waals surface area contributed by atoms with Crippen molar-refractivity contribution in [2.24, 2.45) is 17.1 Å². The van der Waals surface area contributed by atoms with Crippen LogP contribution < -0.4 is 11.1 Å². The number of primary amides is 1. The predicted molar refractivity (Wildman–Crippen MR) is 80.5 cm³/mol. The van der Waals surface area contributed by atoms with Crippen molar-refractivity contribution in [1.29, 1.82) is 0 Å². The number of hydrogen-bond donors (Lipinski definition) is 2. The summed E-state index contributed by atoms with van der Waals surface area (Å²) in [4.78, 5) is 11.0. The third-order valence-corrected chi connectivity index (χ3v) is 4.11. The molecule has 1 saturated heterocycles. The van der Waals surface area contributed by atoms with Crippen molar-refractivity contribution in [3.8, 4) is 0 Å². The maximum Gasteiger partial charge on any atom is 0.220 e. The quantitative estimate of drug-likeness (QED) is 0.758. The average molecular weight is 258 g/mol. The van der Waals surface area contributed by atoms with E-state index in [9.17, 15) is 4.79 Å². The topological polar surface area (TPSA) is 55.1 Å². The van der Waals surface area contributed by atoms with E-state index in [2.05, 4.69) is 5.32 Å². The van der Waals surface area contributed by atoms with Crippen molar-refractivity contribution < 1.29 is 6.22 Å². The molecule has 1 amide bonds. The van der Waals surface area contributed by atoms with Gasteiger partial charge >= 0.3 is 0 Å². The molecular formula is C15H34N2O. The van der Waals surface area contributed by atoms with Gasteiger partial charge in [-0.25, -0.2) is 0 Å². The lowest BCUT2D eigenvalue weighted by Gasteiger charge is -2.42. The molecule has 18 heavy (non-hydrogen) atoms. The summed E-state index contributed by atoms with van der Waals surface area (Å²) >= 11 is 0. The molecule has 1 aliphatic carbocycles. The van der Waals surface area contributed by atoms with Crippen molar-refractivity contribution in [3.05, 3.63) is 0 Å². The fourth-order valence-electron chi connectivity index (χ4n) is 2.97. The van der Waals surface area contributed by atoms with Crippen LogP contribution in [0.3, 0.4) is 0 Å². The first-order valence-electron chi connectivity index (χ1n) is 7.72. The smallest absolute Gasteiger partial charge is 0.220 e. The summed E-state index contributed by atoms with van der Waals surface area (Å²) in [6.45, 7) is 10.3. The highest BCUT2D eigenvalue weighted by atomic mass is 16.1. The van der Waals surface area contributed by atoms with Crippen LogP contribution in [0.1, 0.15) is 67.6 Å². The Hall–Kier alpha value is -0.570. The highest BCUT2D eigenvalue weighted by Gasteiger charge is 2.37. The zero-order valence-electron chi connectivity index (χ0n) is 12.7. The van der Waals surface area contributed by atoms with Crippen molar-refractivity contribution in [1.82, 2.24) is 5.32 Å². The average Bonchev–Trinajstić information content (AvgIpc) is 2.45. The van der Waals surface area contributed by atoms with Gasteiger partial charge in [0, 0.05) is 7.34 Å². The van der Waals surface area contributed by atoms with Gasteiger partial charge in [0.15, 0.2) is 0 Å². The normalized spacial score (nSPS) is 22.2. The zero-order chi connectivity index (χ0) is 14.0. The first-order chi connectivity index (χ1) is 8.72. The molecule has 3 N–H and O–H groups in total. The Morgan fingerprint density at radius 2 is 1.50 bits per heavy atom. The van der Waals surface area contributed by atoms with Gasteiger partial charge in [-0.05, 0) is 57.0 Å². The van der Waals surface area contributed by atoms with Crippen LogP contribution in [0.4, 0.5) is 0 Å². The van der Waals surface area contributed by atoms with Crippen LogP contribution in [0.15, 0.2) is 0 Å². The minimum Gasteiger partial charge on any atom is -0.369 e. The molecule has 0 aromatic carbocycles. The number of nitrogens with one attached hydrogen (secondary N) is 1. The molecule has 2 aliphatic rings. The van der Waals surface area contributed by atoms with Gasteiger partial charge in [0.05, 0.1) is 0 Å². The summed E-state index contributed by atoms with van der Waals surface area (Å²) < 4.78 is 0. The first kappa shape index (κ1) is 17.4. The van der Waals surface area contributed by atoms with Crippen LogP contribution >= 0.6 is 0 Å². The van der Waals surface area contributed by atoms with Crippen LogP contribution in [-0.4, -0.2) is 19.0 Å². The van der Waals surface area contributed by atoms with E-state index in [4.69, 9.17) is 5.73 Å². The van der Waals surface area contributed by atoms with Gasteiger partial charge in [-0.15, -0.1) is 0 Å². The molecule has 0 aromatic rings. The zero-order valence-corrected chi connectivity index (χ0v) is 12.7. The third-order valence-electron chi connectivity index (χ3n) is 4.11. The molecular weight excluding hydrogens is 224 g/mol. The molecule has 0 bridgehead atoms. The molecule has 1 aliphatic heterocycles. The second-order valence-electron chi connectivity index (χ2n) is 4.93. The molecule has 0 atom stereocenters. The Bertz CT molecular complexity index is 218. The molecule has 1 spiro atoms. The van der Waals surface area contributed by atoms with E-state index in [0.29, 0.717) is 5.41 Å². The van der Waals surface area contributed by atoms with Crippen LogP contribution in [0.2, 0.25) is 0 Å². The van der Waals surface area contributed by atoms with E-state index in [1.54, 1.807) is 0 Å². The number of amides is 1. The second kappa shape index (κ2) is 9.37. The Kier molecular flexibility index (Phi) is 9.08. The Morgan fingerprint density at radius 1 is 1.06 bits per heavy atom. The Labute approximate surface area is 114 Å². The van der Waals surface area contributed by atoms with E-state index >= 15 is 0 Å². The van der Waals surface area contributed by atoms with Gasteiger partial charge in [-0.3, -0.25) is 4.79 Å².